The van der Waals surface area contributed by atoms with Crippen LogP contribution in [0.15, 0.2) is 67.5 Å². The van der Waals surface area contributed by atoms with Gasteiger partial charge in [-0.15, -0.1) is 0 Å². The van der Waals surface area contributed by atoms with Gasteiger partial charge in [-0.3, -0.25) is 14.3 Å². The number of piperazine rings is 1. The Morgan fingerprint density at radius 1 is 1.07 bits per heavy atom. The highest BCUT2D eigenvalue weighted by Gasteiger charge is 2.47. The van der Waals surface area contributed by atoms with Gasteiger partial charge in [0.25, 0.3) is 10.2 Å². The Labute approximate surface area is 262 Å². The van der Waals surface area contributed by atoms with Crippen LogP contribution in [0.25, 0.3) is 28.1 Å². The number of aromatic nitrogens is 4. The highest BCUT2D eigenvalue weighted by Crippen LogP contribution is 2.42. The predicted octanol–water partition coefficient (Wildman–Crippen LogP) is 3.06. The second-order valence-electron chi connectivity index (χ2n) is 11.8. The standard InChI is InChI=1S/C32H36N8O4S/c1-3-29(41)37-15-17-38(18-16-37)45(42,43)39-14-12-32(21-39,44-2)28-11-9-24(20-35-28)40-27-19-23(22-6-7-22)8-10-26(27)36-31(40)25-5-4-13-34-30(25)33/h3-5,8-11,13,19-20,22H,1,6-7,12,14-18,21H2,2H3,(H2,33,34)/t32-/m0/s1. The number of anilines is 1. The summed E-state index contributed by atoms with van der Waals surface area (Å²) in [6, 6.07) is 14.0. The number of carbonyl (C=O) groups excluding carboxylic acids is 1. The topological polar surface area (TPSA) is 140 Å². The van der Waals surface area contributed by atoms with E-state index >= 15 is 0 Å². The number of nitrogen functional groups attached to an aromatic ring is 1. The molecule has 4 aromatic rings. The molecule has 1 aliphatic carbocycles. The van der Waals surface area contributed by atoms with Gasteiger partial charge in [-0.2, -0.15) is 17.0 Å². The van der Waals surface area contributed by atoms with E-state index in [9.17, 15) is 13.2 Å². The molecule has 7 rings (SSSR count). The fraction of sp³-hybridized carbons (Fsp3) is 0.375. The second kappa shape index (κ2) is 11.3. The first-order valence-electron chi connectivity index (χ1n) is 15.2. The minimum atomic E-state index is -3.76. The van der Waals surface area contributed by atoms with Gasteiger partial charge in [0, 0.05) is 52.6 Å². The summed E-state index contributed by atoms with van der Waals surface area (Å²) in [6.07, 6.45) is 7.53. The maximum Gasteiger partial charge on any atom is 0.282 e. The first kappa shape index (κ1) is 29.5. The molecule has 0 bridgehead atoms. The van der Waals surface area contributed by atoms with E-state index in [0.717, 1.165) is 22.3 Å². The van der Waals surface area contributed by atoms with E-state index in [2.05, 4.69) is 34.3 Å². The van der Waals surface area contributed by atoms with Crippen LogP contribution in [0.5, 0.6) is 0 Å². The van der Waals surface area contributed by atoms with Gasteiger partial charge in [0.1, 0.15) is 17.2 Å². The summed E-state index contributed by atoms with van der Waals surface area (Å²) in [4.78, 5) is 27.7. The van der Waals surface area contributed by atoms with Crippen molar-refractivity contribution in [1.29, 1.82) is 0 Å². The lowest BCUT2D eigenvalue weighted by Crippen LogP contribution is -2.54. The van der Waals surface area contributed by atoms with Gasteiger partial charge in [-0.1, -0.05) is 12.6 Å². The second-order valence-corrected chi connectivity index (χ2v) is 13.8. The molecule has 1 atom stereocenters. The number of methoxy groups -OCH3 is 1. The number of hydrogen-bond acceptors (Lipinski definition) is 8. The molecule has 13 heteroatoms. The molecule has 234 valence electrons. The summed E-state index contributed by atoms with van der Waals surface area (Å²) >= 11 is 0. The van der Waals surface area contributed by atoms with E-state index in [0.29, 0.717) is 49.3 Å². The molecular weight excluding hydrogens is 592 g/mol. The Kier molecular flexibility index (Phi) is 7.43. The van der Waals surface area contributed by atoms with Crippen LogP contribution >= 0.6 is 0 Å². The zero-order valence-electron chi connectivity index (χ0n) is 25.2. The van der Waals surface area contributed by atoms with Crippen LogP contribution in [0.1, 0.15) is 36.4 Å². The van der Waals surface area contributed by atoms with Crippen molar-refractivity contribution < 1.29 is 17.9 Å². The van der Waals surface area contributed by atoms with Crippen molar-refractivity contribution in [3.63, 3.8) is 0 Å². The van der Waals surface area contributed by atoms with Gasteiger partial charge in [0.2, 0.25) is 5.91 Å². The molecule has 3 fully saturated rings. The van der Waals surface area contributed by atoms with E-state index < -0.39 is 15.8 Å². The van der Waals surface area contributed by atoms with Gasteiger partial charge < -0.3 is 15.4 Å². The highest BCUT2D eigenvalue weighted by atomic mass is 32.2. The molecule has 12 nitrogen and oxygen atoms in total. The van der Waals surface area contributed by atoms with Crippen LogP contribution in [0, 0.1) is 0 Å². The number of imidazole rings is 1. The van der Waals surface area contributed by atoms with Crippen LogP contribution in [0.2, 0.25) is 0 Å². The number of nitrogens with two attached hydrogens (primary N) is 1. The Morgan fingerprint density at radius 2 is 1.87 bits per heavy atom. The van der Waals surface area contributed by atoms with Crippen LogP contribution in [-0.2, 0) is 25.3 Å². The number of ether oxygens (including phenoxy) is 1. The lowest BCUT2D eigenvalue weighted by Gasteiger charge is -2.36. The Hall–Kier alpha value is -4.17. The van der Waals surface area contributed by atoms with E-state index in [-0.39, 0.29) is 25.5 Å². The average Bonchev–Trinajstić information content (AvgIpc) is 3.71. The average molecular weight is 629 g/mol. The van der Waals surface area contributed by atoms with Crippen molar-refractivity contribution in [2.75, 3.05) is 52.1 Å². The zero-order valence-corrected chi connectivity index (χ0v) is 26.0. The number of hydrogen-bond donors (Lipinski definition) is 1. The molecule has 2 saturated heterocycles. The summed E-state index contributed by atoms with van der Waals surface area (Å²) < 4.78 is 38.2. The fourth-order valence-corrected chi connectivity index (χ4v) is 8.10. The Bertz CT molecular complexity index is 1880. The van der Waals surface area contributed by atoms with Crippen molar-refractivity contribution in [1.82, 2.24) is 33.0 Å². The van der Waals surface area contributed by atoms with E-state index in [1.165, 1.54) is 33.1 Å². The third-order valence-corrected chi connectivity index (χ3v) is 11.2. The monoisotopic (exact) mass is 628 g/mol. The van der Waals surface area contributed by atoms with Crippen LogP contribution in [0.4, 0.5) is 5.82 Å². The number of benzene rings is 1. The Morgan fingerprint density at radius 3 is 2.53 bits per heavy atom. The lowest BCUT2D eigenvalue weighted by molar-refractivity contribution is -0.127. The SMILES string of the molecule is C=CC(=O)N1CCN(S(=O)(=O)N2CC[C@@](OC)(c3ccc(-n4c(-c5cccnc5N)nc5ccc(C6CC6)cc54)cn3)C2)CC1. The summed E-state index contributed by atoms with van der Waals surface area (Å²) in [5.41, 5.74) is 10.7. The lowest BCUT2D eigenvalue weighted by atomic mass is 9.98. The number of nitrogens with zero attached hydrogens (tertiary/aromatic N) is 7. The van der Waals surface area contributed by atoms with E-state index in [1.54, 1.807) is 24.4 Å². The molecule has 1 amide bonds. The van der Waals surface area contributed by atoms with Crippen LogP contribution < -0.4 is 5.73 Å². The molecule has 3 aromatic heterocycles. The van der Waals surface area contributed by atoms with Gasteiger partial charge in [-0.25, -0.2) is 9.97 Å². The molecule has 3 aliphatic rings. The number of amides is 1. The van der Waals surface area contributed by atoms with Crippen molar-refractivity contribution in [2.45, 2.75) is 30.8 Å². The molecule has 1 saturated carbocycles. The largest absolute Gasteiger partial charge is 0.383 e. The van der Waals surface area contributed by atoms with E-state index in [1.807, 2.05) is 24.3 Å². The molecular formula is C32H36N8O4S. The number of fused-ring (bicyclic) bond motifs is 1. The van der Waals surface area contributed by atoms with Gasteiger partial charge in [0.05, 0.1) is 34.2 Å². The molecule has 0 unspecified atom stereocenters. The molecule has 45 heavy (non-hydrogen) atoms. The van der Waals surface area contributed by atoms with Crippen LogP contribution in [0.3, 0.4) is 0 Å². The number of pyridine rings is 2. The van der Waals surface area contributed by atoms with Crippen molar-refractivity contribution >= 4 is 33.0 Å². The third-order valence-electron chi connectivity index (χ3n) is 9.24. The molecule has 2 aliphatic heterocycles. The normalized spacial score (nSPS) is 21.4. The highest BCUT2D eigenvalue weighted by molar-refractivity contribution is 7.86. The minimum Gasteiger partial charge on any atom is -0.383 e. The summed E-state index contributed by atoms with van der Waals surface area (Å²) in [5.74, 6) is 1.45. The molecule has 1 aromatic carbocycles. The van der Waals surface area contributed by atoms with Crippen LogP contribution in [-0.4, -0.2) is 93.7 Å². The molecule has 0 radical (unpaired) electrons. The first-order chi connectivity index (χ1) is 21.7. The van der Waals surface area contributed by atoms with Gasteiger partial charge in [0.15, 0.2) is 0 Å². The molecule has 2 N–H and O–H groups in total. The quantitative estimate of drug-likeness (QED) is 0.294. The molecule has 0 spiro atoms. The third kappa shape index (κ3) is 5.19. The van der Waals surface area contributed by atoms with Gasteiger partial charge in [-0.05, 0) is 73.2 Å². The summed E-state index contributed by atoms with van der Waals surface area (Å²) in [6.45, 7) is 5.08. The summed E-state index contributed by atoms with van der Waals surface area (Å²) in [5, 5.41) is 0. The number of carbonyl (C=O) groups is 1. The smallest absolute Gasteiger partial charge is 0.282 e. The summed E-state index contributed by atoms with van der Waals surface area (Å²) in [7, 11) is -2.16. The maximum absolute atomic E-state index is 13.6. The van der Waals surface area contributed by atoms with Gasteiger partial charge >= 0.3 is 0 Å². The maximum atomic E-state index is 13.6. The Balaban J connectivity index is 1.18. The van der Waals surface area contributed by atoms with E-state index in [4.69, 9.17) is 20.4 Å². The minimum absolute atomic E-state index is 0.139. The van der Waals surface area contributed by atoms with Crippen molar-refractivity contribution in [3.05, 3.63) is 78.8 Å². The number of rotatable bonds is 8. The molecule has 5 heterocycles. The van der Waals surface area contributed by atoms with Crippen molar-refractivity contribution in [2.24, 2.45) is 0 Å². The predicted molar refractivity (Wildman–Crippen MR) is 171 cm³/mol. The first-order valence-corrected chi connectivity index (χ1v) is 16.6. The van der Waals surface area contributed by atoms with Crippen molar-refractivity contribution in [3.8, 4) is 17.1 Å². The zero-order chi connectivity index (χ0) is 31.3. The fourth-order valence-electron chi connectivity index (χ4n) is 6.46.